The van der Waals surface area contributed by atoms with Crippen molar-refractivity contribution in [1.82, 2.24) is 0 Å². The van der Waals surface area contributed by atoms with Crippen LogP contribution < -0.4 is 15.2 Å². The second kappa shape index (κ2) is 9.75. The summed E-state index contributed by atoms with van der Waals surface area (Å²) in [7, 11) is 1.63. The predicted molar refractivity (Wildman–Crippen MR) is 146 cm³/mol. The molecule has 0 radical (unpaired) electrons. The Morgan fingerprint density at radius 3 is 2.37 bits per heavy atom. The van der Waals surface area contributed by atoms with Crippen LogP contribution in [0.4, 0.5) is 5.69 Å². The van der Waals surface area contributed by atoms with Gasteiger partial charge in [0.2, 0.25) is 0 Å². The third kappa shape index (κ3) is 5.00. The molecule has 0 aliphatic carbocycles. The van der Waals surface area contributed by atoms with Gasteiger partial charge in [-0.1, -0.05) is 23.7 Å². The van der Waals surface area contributed by atoms with Gasteiger partial charge in [-0.25, -0.2) is 0 Å². The van der Waals surface area contributed by atoms with Crippen molar-refractivity contribution < 1.29 is 14.2 Å². The van der Waals surface area contributed by atoms with Gasteiger partial charge in [0.05, 0.1) is 30.4 Å². The van der Waals surface area contributed by atoms with Crippen LogP contribution in [0.1, 0.15) is 62.5 Å². The van der Waals surface area contributed by atoms with E-state index in [9.17, 15) is 0 Å². The van der Waals surface area contributed by atoms with Crippen LogP contribution in [0.15, 0.2) is 36.4 Å². The van der Waals surface area contributed by atoms with Gasteiger partial charge in [-0.15, -0.1) is 0 Å². The average molecular weight is 494 g/mol. The highest BCUT2D eigenvalue weighted by Gasteiger charge is 2.27. The highest BCUT2D eigenvalue weighted by molar-refractivity contribution is 6.32. The van der Waals surface area contributed by atoms with E-state index in [1.807, 2.05) is 18.2 Å². The van der Waals surface area contributed by atoms with Gasteiger partial charge in [0.25, 0.3) is 0 Å². The van der Waals surface area contributed by atoms with Crippen molar-refractivity contribution in [3.05, 3.63) is 63.7 Å². The predicted octanol–water partition coefficient (Wildman–Crippen LogP) is 8.08. The van der Waals surface area contributed by atoms with Crippen molar-refractivity contribution in [1.29, 1.82) is 0 Å². The quantitative estimate of drug-likeness (QED) is 0.365. The van der Waals surface area contributed by atoms with Crippen LogP contribution in [-0.2, 0) is 11.2 Å². The summed E-state index contributed by atoms with van der Waals surface area (Å²) in [4.78, 5) is 0. The molecule has 0 saturated heterocycles. The van der Waals surface area contributed by atoms with Crippen LogP contribution in [0.3, 0.4) is 0 Å². The molecule has 0 saturated carbocycles. The lowest BCUT2D eigenvalue weighted by molar-refractivity contribution is -0.0529. The summed E-state index contributed by atoms with van der Waals surface area (Å²) in [6, 6.07) is 12.3. The summed E-state index contributed by atoms with van der Waals surface area (Å²) in [5.41, 5.74) is 16.1. The molecule has 1 aliphatic rings. The number of hydrogen-bond donors (Lipinski definition) is 1. The summed E-state index contributed by atoms with van der Waals surface area (Å²) >= 11 is 6.33. The second-order valence-electron chi connectivity index (χ2n) is 10.3. The minimum Gasteiger partial charge on any atom is -0.495 e. The standard InChI is InChI=1S/C30H36ClNO3/c1-17-27(21-11-13-24-20(15-21)9-8-14-34-24)26(19(3)35-30(4,5)6)18(2)29(32)28(17)22-10-12-23(31)25(16-22)33-7/h10-13,15-16,19H,8-9,14,32H2,1-7H3. The van der Waals surface area contributed by atoms with Crippen LogP contribution in [0.5, 0.6) is 11.5 Å². The Labute approximate surface area is 214 Å². The average Bonchev–Trinajstić information content (AvgIpc) is 2.80. The molecule has 0 aromatic heterocycles. The Morgan fingerprint density at radius 1 is 1.00 bits per heavy atom. The molecule has 4 nitrogen and oxygen atoms in total. The van der Waals surface area contributed by atoms with Gasteiger partial charge < -0.3 is 19.9 Å². The highest BCUT2D eigenvalue weighted by atomic mass is 35.5. The molecule has 3 aromatic carbocycles. The van der Waals surface area contributed by atoms with E-state index in [1.54, 1.807) is 7.11 Å². The Morgan fingerprint density at radius 2 is 1.69 bits per heavy atom. The number of aryl methyl sites for hydroxylation is 1. The number of hydrogen-bond acceptors (Lipinski definition) is 4. The zero-order valence-electron chi connectivity index (χ0n) is 21.8. The van der Waals surface area contributed by atoms with Crippen molar-refractivity contribution in [3.63, 3.8) is 0 Å². The minimum absolute atomic E-state index is 0.146. The van der Waals surface area contributed by atoms with Gasteiger partial charge in [-0.3, -0.25) is 0 Å². The van der Waals surface area contributed by atoms with E-state index in [1.165, 1.54) is 5.56 Å². The van der Waals surface area contributed by atoms with E-state index in [4.69, 9.17) is 31.5 Å². The molecule has 0 bridgehead atoms. The Hall–Kier alpha value is -2.69. The summed E-state index contributed by atoms with van der Waals surface area (Å²) in [6.07, 6.45) is 1.90. The zero-order valence-corrected chi connectivity index (χ0v) is 22.6. The summed E-state index contributed by atoms with van der Waals surface area (Å²) < 4.78 is 17.9. The normalized spacial score (nSPS) is 14.3. The number of ether oxygens (including phenoxy) is 3. The molecule has 0 spiro atoms. The number of fused-ring (bicyclic) bond motifs is 1. The van der Waals surface area contributed by atoms with E-state index < -0.39 is 0 Å². The molecule has 2 N–H and O–H groups in total. The maximum absolute atomic E-state index is 6.86. The maximum Gasteiger partial charge on any atom is 0.138 e. The number of nitrogens with two attached hydrogens (primary N) is 1. The van der Waals surface area contributed by atoms with Gasteiger partial charge in [0.15, 0.2) is 0 Å². The second-order valence-corrected chi connectivity index (χ2v) is 10.7. The molecule has 1 heterocycles. The summed E-state index contributed by atoms with van der Waals surface area (Å²) in [5.74, 6) is 1.61. The lowest BCUT2D eigenvalue weighted by atomic mass is 9.82. The fourth-order valence-corrected chi connectivity index (χ4v) is 5.42. The highest BCUT2D eigenvalue weighted by Crippen LogP contribution is 2.47. The van der Waals surface area contributed by atoms with Crippen LogP contribution in [0.2, 0.25) is 5.02 Å². The van der Waals surface area contributed by atoms with Crippen LogP contribution >= 0.6 is 11.6 Å². The smallest absolute Gasteiger partial charge is 0.138 e. The Kier molecular flexibility index (Phi) is 7.08. The van der Waals surface area contributed by atoms with Crippen molar-refractivity contribution in [2.75, 3.05) is 19.5 Å². The van der Waals surface area contributed by atoms with Gasteiger partial charge in [-0.2, -0.15) is 0 Å². The van der Waals surface area contributed by atoms with E-state index in [2.05, 4.69) is 59.7 Å². The number of rotatable bonds is 5. The van der Waals surface area contributed by atoms with Gasteiger partial charge in [0, 0.05) is 11.3 Å². The molecule has 0 fully saturated rings. The first-order valence-electron chi connectivity index (χ1n) is 12.2. The van der Waals surface area contributed by atoms with Crippen LogP contribution in [-0.4, -0.2) is 19.3 Å². The van der Waals surface area contributed by atoms with Crippen LogP contribution in [0.25, 0.3) is 22.3 Å². The first-order chi connectivity index (χ1) is 16.5. The summed E-state index contributed by atoms with van der Waals surface area (Å²) in [5, 5.41) is 0.572. The first kappa shape index (κ1) is 25.4. The van der Waals surface area contributed by atoms with E-state index >= 15 is 0 Å². The van der Waals surface area contributed by atoms with Crippen molar-refractivity contribution in [2.45, 2.75) is 66.1 Å². The minimum atomic E-state index is -0.294. The molecule has 1 unspecified atom stereocenters. The van der Waals surface area contributed by atoms with E-state index in [0.29, 0.717) is 10.8 Å². The lowest BCUT2D eigenvalue weighted by Crippen LogP contribution is -2.22. The lowest BCUT2D eigenvalue weighted by Gasteiger charge is -2.31. The molecule has 186 valence electrons. The van der Waals surface area contributed by atoms with Gasteiger partial charge in [0.1, 0.15) is 11.5 Å². The third-order valence-electron chi connectivity index (χ3n) is 6.67. The van der Waals surface area contributed by atoms with Crippen molar-refractivity contribution in [2.24, 2.45) is 0 Å². The number of benzene rings is 3. The third-order valence-corrected chi connectivity index (χ3v) is 6.98. The summed E-state index contributed by atoms with van der Waals surface area (Å²) in [6.45, 7) is 13.4. The van der Waals surface area contributed by atoms with Gasteiger partial charge >= 0.3 is 0 Å². The molecule has 1 atom stereocenters. The van der Waals surface area contributed by atoms with Gasteiger partial charge in [-0.05, 0) is 118 Å². The molecule has 1 aliphatic heterocycles. The number of methoxy groups -OCH3 is 1. The van der Waals surface area contributed by atoms with Crippen LogP contribution in [0, 0.1) is 13.8 Å². The maximum atomic E-state index is 6.86. The Balaban J connectivity index is 2.01. The van der Waals surface area contributed by atoms with E-state index in [0.717, 1.165) is 69.8 Å². The zero-order chi connectivity index (χ0) is 25.5. The molecule has 35 heavy (non-hydrogen) atoms. The van der Waals surface area contributed by atoms with E-state index in [-0.39, 0.29) is 11.7 Å². The first-order valence-corrected chi connectivity index (χ1v) is 12.6. The molecule has 3 aromatic rings. The molecular formula is C30H36ClNO3. The SMILES string of the molecule is COc1cc(-c2c(C)c(-c3ccc4c(c3)CCCO4)c(C(C)OC(C)(C)C)c(C)c2N)ccc1Cl. The van der Waals surface area contributed by atoms with Crippen molar-refractivity contribution >= 4 is 17.3 Å². The number of anilines is 1. The largest absolute Gasteiger partial charge is 0.495 e. The van der Waals surface area contributed by atoms with Crippen molar-refractivity contribution in [3.8, 4) is 33.8 Å². The molecular weight excluding hydrogens is 458 g/mol. The number of nitrogen functional groups attached to an aromatic ring is 1. The fourth-order valence-electron chi connectivity index (χ4n) is 5.22. The monoisotopic (exact) mass is 493 g/mol. The Bertz CT molecular complexity index is 1260. The molecule has 4 rings (SSSR count). The fraction of sp³-hybridized carbons (Fsp3) is 0.400. The topological polar surface area (TPSA) is 53.7 Å². The molecule has 0 amide bonds. The number of halogens is 1. The molecule has 5 heteroatoms.